The Morgan fingerprint density at radius 1 is 1.31 bits per heavy atom. The smallest absolute Gasteiger partial charge is 0.0685 e. The monoisotopic (exact) mass is 223 g/mol. The van der Waals surface area contributed by atoms with Gasteiger partial charge < -0.3 is 15.2 Å². The molecule has 0 saturated heterocycles. The summed E-state index contributed by atoms with van der Waals surface area (Å²) in [6.07, 6.45) is 0. The standard InChI is InChI=1S/C13H21NO2/c1-3-16-10-11(2)14-8-12-6-4-5-7-13(12)9-15/h4-7,11,14-15H,3,8-10H2,1-2H3. The zero-order valence-corrected chi connectivity index (χ0v) is 10.1. The molecule has 0 amide bonds. The van der Waals surface area contributed by atoms with Crippen molar-refractivity contribution in [2.24, 2.45) is 0 Å². The summed E-state index contributed by atoms with van der Waals surface area (Å²) in [6.45, 7) is 6.42. The molecule has 0 aliphatic carbocycles. The summed E-state index contributed by atoms with van der Waals surface area (Å²) in [5.74, 6) is 0. The van der Waals surface area contributed by atoms with E-state index in [9.17, 15) is 5.11 Å². The van der Waals surface area contributed by atoms with Gasteiger partial charge in [0, 0.05) is 19.2 Å². The lowest BCUT2D eigenvalue weighted by molar-refractivity contribution is 0.127. The number of rotatable bonds is 7. The summed E-state index contributed by atoms with van der Waals surface area (Å²) >= 11 is 0. The van der Waals surface area contributed by atoms with Crippen LogP contribution in [0.4, 0.5) is 0 Å². The lowest BCUT2D eigenvalue weighted by Gasteiger charge is -2.15. The average Bonchev–Trinajstić information content (AvgIpc) is 2.34. The fourth-order valence-corrected chi connectivity index (χ4v) is 1.52. The second-order valence-electron chi connectivity index (χ2n) is 3.87. The first-order chi connectivity index (χ1) is 7.77. The van der Waals surface area contributed by atoms with Crippen molar-refractivity contribution in [2.75, 3.05) is 13.2 Å². The normalized spacial score (nSPS) is 12.7. The molecule has 1 aromatic carbocycles. The number of aliphatic hydroxyl groups excluding tert-OH is 1. The Hall–Kier alpha value is -0.900. The average molecular weight is 223 g/mol. The largest absolute Gasteiger partial charge is 0.392 e. The number of hydrogen-bond donors (Lipinski definition) is 2. The second-order valence-corrected chi connectivity index (χ2v) is 3.87. The van der Waals surface area contributed by atoms with Crippen molar-refractivity contribution >= 4 is 0 Å². The van der Waals surface area contributed by atoms with Crippen molar-refractivity contribution in [3.05, 3.63) is 35.4 Å². The van der Waals surface area contributed by atoms with Crippen LogP contribution >= 0.6 is 0 Å². The van der Waals surface area contributed by atoms with Gasteiger partial charge in [0.05, 0.1) is 13.2 Å². The molecule has 0 aliphatic heterocycles. The number of hydrogen-bond acceptors (Lipinski definition) is 3. The molecule has 0 aromatic heterocycles. The van der Waals surface area contributed by atoms with Gasteiger partial charge in [-0.05, 0) is 25.0 Å². The van der Waals surface area contributed by atoms with E-state index in [1.54, 1.807) is 0 Å². The zero-order valence-electron chi connectivity index (χ0n) is 10.1. The van der Waals surface area contributed by atoms with Crippen molar-refractivity contribution in [1.82, 2.24) is 5.32 Å². The molecule has 2 N–H and O–H groups in total. The third-order valence-electron chi connectivity index (χ3n) is 2.50. The summed E-state index contributed by atoms with van der Waals surface area (Å²) in [5, 5.41) is 12.5. The molecule has 3 heteroatoms. The van der Waals surface area contributed by atoms with Crippen LogP contribution in [0.15, 0.2) is 24.3 Å². The highest BCUT2D eigenvalue weighted by molar-refractivity contribution is 5.26. The van der Waals surface area contributed by atoms with Gasteiger partial charge in [-0.15, -0.1) is 0 Å². The topological polar surface area (TPSA) is 41.5 Å². The Labute approximate surface area is 97.4 Å². The molecule has 1 rings (SSSR count). The molecular formula is C13H21NO2. The van der Waals surface area contributed by atoms with Gasteiger partial charge in [-0.3, -0.25) is 0 Å². The highest BCUT2D eigenvalue weighted by Crippen LogP contribution is 2.08. The molecular weight excluding hydrogens is 202 g/mol. The number of nitrogens with one attached hydrogen (secondary N) is 1. The van der Waals surface area contributed by atoms with Gasteiger partial charge in [-0.2, -0.15) is 0 Å². The molecule has 16 heavy (non-hydrogen) atoms. The van der Waals surface area contributed by atoms with Crippen molar-refractivity contribution in [3.63, 3.8) is 0 Å². The Balaban J connectivity index is 2.41. The summed E-state index contributed by atoms with van der Waals surface area (Å²) in [6, 6.07) is 8.24. The molecule has 3 nitrogen and oxygen atoms in total. The van der Waals surface area contributed by atoms with Gasteiger partial charge >= 0.3 is 0 Å². The van der Waals surface area contributed by atoms with E-state index in [1.807, 2.05) is 31.2 Å². The minimum absolute atomic E-state index is 0.0949. The van der Waals surface area contributed by atoms with Crippen LogP contribution in [-0.2, 0) is 17.9 Å². The van der Waals surface area contributed by atoms with Crippen LogP contribution in [-0.4, -0.2) is 24.4 Å². The maximum absolute atomic E-state index is 9.17. The lowest BCUT2D eigenvalue weighted by atomic mass is 10.1. The van der Waals surface area contributed by atoms with Crippen molar-refractivity contribution in [3.8, 4) is 0 Å². The first-order valence-corrected chi connectivity index (χ1v) is 5.76. The summed E-state index contributed by atoms with van der Waals surface area (Å²) in [4.78, 5) is 0. The van der Waals surface area contributed by atoms with Crippen LogP contribution in [0.5, 0.6) is 0 Å². The Kier molecular flexibility index (Phi) is 6.08. The molecule has 0 spiro atoms. The van der Waals surface area contributed by atoms with Crippen LogP contribution in [0, 0.1) is 0 Å². The highest BCUT2D eigenvalue weighted by atomic mass is 16.5. The van der Waals surface area contributed by atoms with E-state index >= 15 is 0 Å². The van der Waals surface area contributed by atoms with Crippen LogP contribution in [0.3, 0.4) is 0 Å². The highest BCUT2D eigenvalue weighted by Gasteiger charge is 2.03. The molecule has 90 valence electrons. The van der Waals surface area contributed by atoms with Gasteiger partial charge in [-0.25, -0.2) is 0 Å². The predicted octanol–water partition coefficient (Wildman–Crippen LogP) is 1.69. The van der Waals surface area contributed by atoms with E-state index in [0.29, 0.717) is 6.04 Å². The maximum atomic E-state index is 9.17. The predicted molar refractivity (Wildman–Crippen MR) is 65.2 cm³/mol. The van der Waals surface area contributed by atoms with E-state index in [1.165, 1.54) is 0 Å². The van der Waals surface area contributed by atoms with Gasteiger partial charge in [0.25, 0.3) is 0 Å². The lowest BCUT2D eigenvalue weighted by Crippen LogP contribution is -2.30. The van der Waals surface area contributed by atoms with Crippen LogP contribution in [0.25, 0.3) is 0 Å². The Bertz CT molecular complexity index is 302. The van der Waals surface area contributed by atoms with Gasteiger partial charge in [0.2, 0.25) is 0 Å². The summed E-state index contributed by atoms with van der Waals surface area (Å²) in [5.41, 5.74) is 2.13. The van der Waals surface area contributed by atoms with E-state index in [2.05, 4.69) is 12.2 Å². The zero-order chi connectivity index (χ0) is 11.8. The third kappa shape index (κ3) is 4.31. The maximum Gasteiger partial charge on any atom is 0.0685 e. The van der Waals surface area contributed by atoms with E-state index in [0.717, 1.165) is 30.9 Å². The molecule has 0 fully saturated rings. The van der Waals surface area contributed by atoms with Gasteiger partial charge in [0.15, 0.2) is 0 Å². The van der Waals surface area contributed by atoms with Crippen LogP contribution in [0.1, 0.15) is 25.0 Å². The number of aliphatic hydroxyl groups is 1. The first-order valence-electron chi connectivity index (χ1n) is 5.76. The fraction of sp³-hybridized carbons (Fsp3) is 0.538. The van der Waals surface area contributed by atoms with E-state index in [4.69, 9.17) is 4.74 Å². The quantitative estimate of drug-likeness (QED) is 0.739. The molecule has 1 atom stereocenters. The molecule has 0 aliphatic rings. The van der Waals surface area contributed by atoms with Crippen LogP contribution < -0.4 is 5.32 Å². The molecule has 0 heterocycles. The molecule has 1 unspecified atom stereocenters. The first kappa shape index (κ1) is 13.2. The van der Waals surface area contributed by atoms with Crippen LogP contribution in [0.2, 0.25) is 0 Å². The van der Waals surface area contributed by atoms with Gasteiger partial charge in [0.1, 0.15) is 0 Å². The minimum atomic E-state index is 0.0949. The van der Waals surface area contributed by atoms with Crippen molar-refractivity contribution in [1.29, 1.82) is 0 Å². The molecule has 1 aromatic rings. The van der Waals surface area contributed by atoms with Gasteiger partial charge in [-0.1, -0.05) is 24.3 Å². The summed E-state index contributed by atoms with van der Waals surface area (Å²) < 4.78 is 5.33. The second kappa shape index (κ2) is 7.39. The SMILES string of the molecule is CCOCC(C)NCc1ccccc1CO. The molecule has 0 radical (unpaired) electrons. The number of benzene rings is 1. The van der Waals surface area contributed by atoms with Crippen molar-refractivity contribution < 1.29 is 9.84 Å². The minimum Gasteiger partial charge on any atom is -0.392 e. The molecule has 0 saturated carbocycles. The van der Waals surface area contributed by atoms with Crippen molar-refractivity contribution in [2.45, 2.75) is 33.0 Å². The third-order valence-corrected chi connectivity index (χ3v) is 2.50. The summed E-state index contributed by atoms with van der Waals surface area (Å²) in [7, 11) is 0. The fourth-order valence-electron chi connectivity index (χ4n) is 1.52. The van der Waals surface area contributed by atoms with E-state index in [-0.39, 0.29) is 6.61 Å². The molecule has 0 bridgehead atoms. The number of ether oxygens (including phenoxy) is 1. The Morgan fingerprint density at radius 2 is 2.00 bits per heavy atom. The Morgan fingerprint density at radius 3 is 2.62 bits per heavy atom. The van der Waals surface area contributed by atoms with E-state index < -0.39 is 0 Å².